The van der Waals surface area contributed by atoms with Crippen molar-refractivity contribution < 1.29 is 19.2 Å². The summed E-state index contributed by atoms with van der Waals surface area (Å²) < 4.78 is 0. The van der Waals surface area contributed by atoms with E-state index in [4.69, 9.17) is 0 Å². The van der Waals surface area contributed by atoms with Crippen molar-refractivity contribution >= 4 is 41.2 Å². The van der Waals surface area contributed by atoms with Crippen LogP contribution in [0.3, 0.4) is 0 Å². The minimum atomic E-state index is -1.27. The van der Waals surface area contributed by atoms with Gasteiger partial charge in [-0.15, -0.1) is 11.8 Å². The number of imide groups is 1. The Morgan fingerprint density at radius 3 is 2.55 bits per heavy atom. The molecule has 5 amide bonds. The normalized spacial score (nSPS) is 20.3. The fourth-order valence-electron chi connectivity index (χ4n) is 3.67. The largest absolute Gasteiger partial charge is 0.344 e. The van der Waals surface area contributed by atoms with Crippen molar-refractivity contribution in [1.82, 2.24) is 15.8 Å². The summed E-state index contributed by atoms with van der Waals surface area (Å²) in [4.78, 5) is 53.0. The van der Waals surface area contributed by atoms with Gasteiger partial charge in [0.05, 0.1) is 5.69 Å². The molecule has 160 valence electrons. The molecule has 2 aromatic carbocycles. The van der Waals surface area contributed by atoms with E-state index in [1.807, 2.05) is 30.3 Å². The maximum Gasteiger partial charge on any atom is 0.344 e. The van der Waals surface area contributed by atoms with Crippen molar-refractivity contribution in [3.8, 4) is 0 Å². The van der Waals surface area contributed by atoms with E-state index in [-0.39, 0.29) is 18.7 Å². The smallest absolute Gasteiger partial charge is 0.318 e. The lowest BCUT2D eigenvalue weighted by molar-refractivity contribution is -0.139. The Labute approximate surface area is 183 Å². The molecular weight excluding hydrogens is 416 g/mol. The van der Waals surface area contributed by atoms with E-state index in [1.54, 1.807) is 47.9 Å². The van der Waals surface area contributed by atoms with Gasteiger partial charge in [-0.3, -0.25) is 19.8 Å². The Morgan fingerprint density at radius 2 is 1.77 bits per heavy atom. The van der Waals surface area contributed by atoms with Crippen LogP contribution in [-0.4, -0.2) is 41.1 Å². The lowest BCUT2D eigenvalue weighted by Gasteiger charge is -2.29. The fourth-order valence-corrected chi connectivity index (χ4v) is 4.67. The minimum Gasteiger partial charge on any atom is -0.318 e. The van der Waals surface area contributed by atoms with E-state index < -0.39 is 23.4 Å². The maximum atomic E-state index is 12.8. The molecule has 2 aliphatic heterocycles. The quantitative estimate of drug-likeness (QED) is 0.699. The molecule has 2 aromatic rings. The molecule has 2 heterocycles. The second-order valence-corrected chi connectivity index (χ2v) is 8.60. The van der Waals surface area contributed by atoms with Crippen molar-refractivity contribution in [3.63, 3.8) is 0 Å². The number of thioether (sulfide) groups is 1. The van der Waals surface area contributed by atoms with E-state index >= 15 is 0 Å². The molecule has 31 heavy (non-hydrogen) atoms. The Balaban J connectivity index is 1.37. The number of rotatable bonds is 5. The second kappa shape index (κ2) is 8.43. The highest BCUT2D eigenvalue weighted by Gasteiger charge is 2.49. The first-order chi connectivity index (χ1) is 14.9. The van der Waals surface area contributed by atoms with E-state index in [2.05, 4.69) is 10.7 Å². The predicted molar refractivity (Wildman–Crippen MR) is 116 cm³/mol. The zero-order valence-corrected chi connectivity index (χ0v) is 17.8. The van der Waals surface area contributed by atoms with Crippen LogP contribution in [0.1, 0.15) is 25.3 Å². The van der Waals surface area contributed by atoms with Crippen LogP contribution in [0.15, 0.2) is 59.5 Å². The molecule has 0 radical (unpaired) electrons. The van der Waals surface area contributed by atoms with Crippen molar-refractivity contribution in [2.45, 2.75) is 30.2 Å². The first kappa shape index (κ1) is 20.9. The molecule has 2 aliphatic rings. The zero-order chi connectivity index (χ0) is 22.0. The van der Waals surface area contributed by atoms with E-state index in [9.17, 15) is 19.2 Å². The van der Waals surface area contributed by atoms with Crippen LogP contribution in [0.4, 0.5) is 10.5 Å². The van der Waals surface area contributed by atoms with Gasteiger partial charge in [0.1, 0.15) is 5.54 Å². The Morgan fingerprint density at radius 1 is 1.06 bits per heavy atom. The van der Waals surface area contributed by atoms with Crippen molar-refractivity contribution in [2.75, 3.05) is 17.2 Å². The molecule has 1 unspecified atom stereocenters. The number of carbonyl (C=O) groups is 4. The molecule has 8 nitrogen and oxygen atoms in total. The average Bonchev–Trinajstić information content (AvgIpc) is 3.01. The summed E-state index contributed by atoms with van der Waals surface area (Å²) in [6.45, 7) is 2.16. The standard InChI is InChI=1S/C22H22N4O4S/c1-22(15-7-3-2-4-8-15)20(29)26(21(30)23-22)24-18(27)11-12-19(28)25-13-14-31-17-10-6-5-9-16(17)25/h2-10H,11-14H2,1H3,(H,23,30)(H,24,27). The highest BCUT2D eigenvalue weighted by atomic mass is 32.2. The molecule has 9 heteroatoms. The van der Waals surface area contributed by atoms with Gasteiger partial charge in [0.15, 0.2) is 0 Å². The number of carbonyl (C=O) groups excluding carboxylic acids is 4. The maximum absolute atomic E-state index is 12.8. The molecule has 1 atom stereocenters. The molecule has 4 rings (SSSR count). The SMILES string of the molecule is CC1(c2ccccc2)NC(=O)N(NC(=O)CCC(=O)N2CCSc3ccccc32)C1=O. The van der Waals surface area contributed by atoms with Crippen LogP contribution >= 0.6 is 11.8 Å². The van der Waals surface area contributed by atoms with Gasteiger partial charge in [-0.1, -0.05) is 42.5 Å². The lowest BCUT2D eigenvalue weighted by Crippen LogP contribution is -2.48. The lowest BCUT2D eigenvalue weighted by atomic mass is 9.92. The number of hydrazine groups is 1. The highest BCUT2D eigenvalue weighted by Crippen LogP contribution is 2.34. The highest BCUT2D eigenvalue weighted by molar-refractivity contribution is 7.99. The van der Waals surface area contributed by atoms with E-state index in [0.29, 0.717) is 17.1 Å². The molecule has 0 bridgehead atoms. The Hall–Kier alpha value is -3.33. The molecule has 0 spiro atoms. The molecular formula is C22H22N4O4S. The summed E-state index contributed by atoms with van der Waals surface area (Å²) in [7, 11) is 0. The van der Waals surface area contributed by atoms with Gasteiger partial charge in [-0.05, 0) is 24.6 Å². The van der Waals surface area contributed by atoms with Gasteiger partial charge in [0, 0.05) is 30.0 Å². The predicted octanol–water partition coefficient (Wildman–Crippen LogP) is 2.40. The molecule has 2 N–H and O–H groups in total. The van der Waals surface area contributed by atoms with Gasteiger partial charge >= 0.3 is 6.03 Å². The first-order valence-electron chi connectivity index (χ1n) is 9.94. The van der Waals surface area contributed by atoms with Crippen LogP contribution in [-0.2, 0) is 19.9 Å². The van der Waals surface area contributed by atoms with Crippen molar-refractivity contribution in [2.24, 2.45) is 0 Å². The number of hydrogen-bond acceptors (Lipinski definition) is 5. The van der Waals surface area contributed by atoms with Gasteiger partial charge in [-0.2, -0.15) is 5.01 Å². The average molecular weight is 439 g/mol. The summed E-state index contributed by atoms with van der Waals surface area (Å²) in [6.07, 6.45) is -0.159. The zero-order valence-electron chi connectivity index (χ0n) is 17.0. The molecule has 0 saturated carbocycles. The number of amides is 5. The fraction of sp³-hybridized carbons (Fsp3) is 0.273. The van der Waals surface area contributed by atoms with Gasteiger partial charge in [0.2, 0.25) is 11.8 Å². The van der Waals surface area contributed by atoms with Crippen LogP contribution in [0.5, 0.6) is 0 Å². The number of urea groups is 1. The number of benzene rings is 2. The summed E-state index contributed by atoms with van der Waals surface area (Å²) in [5.41, 5.74) is 2.53. The monoisotopic (exact) mass is 438 g/mol. The van der Waals surface area contributed by atoms with Crippen LogP contribution in [0.2, 0.25) is 0 Å². The van der Waals surface area contributed by atoms with Gasteiger partial charge < -0.3 is 10.2 Å². The third kappa shape index (κ3) is 4.00. The number of anilines is 1. The van der Waals surface area contributed by atoms with Gasteiger partial charge in [-0.25, -0.2) is 4.79 Å². The van der Waals surface area contributed by atoms with Crippen molar-refractivity contribution in [3.05, 3.63) is 60.2 Å². The second-order valence-electron chi connectivity index (χ2n) is 7.46. The number of para-hydroxylation sites is 1. The summed E-state index contributed by atoms with van der Waals surface area (Å²) >= 11 is 1.69. The summed E-state index contributed by atoms with van der Waals surface area (Å²) in [5.74, 6) is -0.538. The van der Waals surface area contributed by atoms with Crippen molar-refractivity contribution in [1.29, 1.82) is 0 Å². The van der Waals surface area contributed by atoms with Crippen LogP contribution in [0.25, 0.3) is 0 Å². The number of hydrogen-bond donors (Lipinski definition) is 2. The summed E-state index contributed by atoms with van der Waals surface area (Å²) in [6, 6.07) is 15.8. The number of nitrogens with one attached hydrogen (secondary N) is 2. The third-order valence-corrected chi connectivity index (χ3v) is 6.42. The molecule has 0 aromatic heterocycles. The van der Waals surface area contributed by atoms with E-state index in [1.165, 1.54) is 0 Å². The first-order valence-corrected chi connectivity index (χ1v) is 10.9. The minimum absolute atomic E-state index is 0.0234. The van der Waals surface area contributed by atoms with Crippen LogP contribution < -0.4 is 15.6 Å². The topological polar surface area (TPSA) is 98.8 Å². The Bertz CT molecular complexity index is 1040. The van der Waals surface area contributed by atoms with Gasteiger partial charge in [0.25, 0.3) is 5.91 Å². The van der Waals surface area contributed by atoms with E-state index in [0.717, 1.165) is 16.3 Å². The molecule has 1 fully saturated rings. The Kier molecular flexibility index (Phi) is 5.69. The number of fused-ring (bicyclic) bond motifs is 1. The molecule has 1 saturated heterocycles. The third-order valence-electron chi connectivity index (χ3n) is 5.37. The summed E-state index contributed by atoms with van der Waals surface area (Å²) in [5, 5.41) is 3.31. The molecule has 0 aliphatic carbocycles. The van der Waals surface area contributed by atoms with Crippen LogP contribution in [0, 0.1) is 0 Å². The number of nitrogens with zero attached hydrogens (tertiary/aromatic N) is 2.